The molecule has 5 aliphatic rings. The number of fused-ring (bicyclic) bond motifs is 4. The summed E-state index contributed by atoms with van der Waals surface area (Å²) in [7, 11) is 0. The van der Waals surface area contributed by atoms with Crippen LogP contribution in [0.4, 0.5) is 0 Å². The van der Waals surface area contributed by atoms with Crippen LogP contribution in [0, 0.1) is 0 Å². The molecular formula is C68H70MgN4O4. The highest BCUT2D eigenvalue weighted by atomic mass is 24.3. The Morgan fingerprint density at radius 3 is 1.23 bits per heavy atom. The summed E-state index contributed by atoms with van der Waals surface area (Å²) < 4.78 is 26.7. The van der Waals surface area contributed by atoms with Gasteiger partial charge in [0.05, 0.1) is 70.7 Å². The average molecular weight is 1030 g/mol. The predicted molar refractivity (Wildman–Crippen MR) is 325 cm³/mol. The van der Waals surface area contributed by atoms with E-state index < -0.39 is 0 Å². The Labute approximate surface area is 472 Å². The van der Waals surface area contributed by atoms with Crippen LogP contribution in [0.2, 0.25) is 0 Å². The number of hydrogen-bond donors (Lipinski definition) is 0. The molecule has 5 heterocycles. The van der Waals surface area contributed by atoms with Gasteiger partial charge in [-0.15, -0.1) is 0 Å². The van der Waals surface area contributed by atoms with Crippen LogP contribution < -0.4 is 18.9 Å². The van der Waals surface area contributed by atoms with Crippen molar-refractivity contribution in [1.29, 1.82) is 0 Å². The summed E-state index contributed by atoms with van der Waals surface area (Å²) in [6, 6.07) is 32.8. The molecule has 0 N–H and O–H groups in total. The molecule has 388 valence electrons. The molecule has 0 amide bonds. The maximum absolute atomic E-state index is 6.74. The first-order valence-electron chi connectivity index (χ1n) is 27.3. The zero-order chi connectivity index (χ0) is 52.3. The number of aliphatic imine (C=N–C) groups is 4. The first kappa shape index (κ1) is 55.6. The SMILES string of the molecule is CCCCC=COc1ccccc1C1=CC2=CC3=NC(=CC4=NC(=CC5=NC(=C(c6ccccc6OC=CCCCC)C1=N2)C(c1ccccc1OC=CCCCC)=C5c1ccccc1OC=CCCCC)C=C4)C=C3.[MgH2]. The topological polar surface area (TPSA) is 86.4 Å². The second-order valence-corrected chi connectivity index (χ2v) is 18.9. The molecule has 0 aliphatic carbocycles. The lowest BCUT2D eigenvalue weighted by Gasteiger charge is -2.21. The smallest absolute Gasteiger partial charge is 0.316 e. The normalized spacial score (nSPS) is 15.7. The molecule has 0 aromatic heterocycles. The fourth-order valence-corrected chi connectivity index (χ4v) is 9.29. The van der Waals surface area contributed by atoms with Gasteiger partial charge in [0.1, 0.15) is 23.0 Å². The molecule has 4 aromatic rings. The standard InChI is InChI=1S/C68H68N4O4.Mg.2H/c1-5-9-13-25-41-73-60-33-21-17-29-54(60)58-47-53-46-51-38-37-49(69-51)45-50-39-40-52(70-50)48-59-64(55-30-18-22-34-61(55)74-42-26-14-10-6-2)65(56-31-19-23-35-62(56)75-43-27-15-11-7-3)68(72-59)66(67(58)71-53)57-32-20-24-36-63(57)76-44-28-16-12-8-4;;;/h17-48H,5-16H2,1-4H3;;;. The Morgan fingerprint density at radius 1 is 0.377 bits per heavy atom. The van der Waals surface area contributed by atoms with E-state index in [1.807, 2.05) is 122 Å². The maximum Gasteiger partial charge on any atom is 0.316 e. The Bertz CT molecular complexity index is 3310. The van der Waals surface area contributed by atoms with Crippen molar-refractivity contribution in [2.75, 3.05) is 0 Å². The van der Waals surface area contributed by atoms with E-state index in [4.69, 9.17) is 38.9 Å². The number of unbranched alkanes of at least 4 members (excludes halogenated alkanes) is 8. The molecule has 0 saturated heterocycles. The molecule has 0 fully saturated rings. The highest BCUT2D eigenvalue weighted by Crippen LogP contribution is 2.51. The lowest BCUT2D eigenvalue weighted by Crippen LogP contribution is -2.09. The summed E-state index contributed by atoms with van der Waals surface area (Å²) in [5.74, 6) is 2.69. The van der Waals surface area contributed by atoms with Gasteiger partial charge in [-0.05, 0) is 149 Å². The Balaban J connectivity index is 0.00000784. The summed E-state index contributed by atoms with van der Waals surface area (Å²) in [5, 5.41) is 0. The molecule has 77 heavy (non-hydrogen) atoms. The number of hydrogen-bond acceptors (Lipinski definition) is 8. The number of rotatable bonds is 24. The van der Waals surface area contributed by atoms with E-state index in [1.54, 1.807) is 0 Å². The molecule has 5 aliphatic heterocycles. The first-order chi connectivity index (χ1) is 37.6. The van der Waals surface area contributed by atoms with Crippen molar-refractivity contribution in [2.24, 2.45) is 20.0 Å². The van der Waals surface area contributed by atoms with Crippen LogP contribution in [-0.4, -0.2) is 45.9 Å². The third-order valence-corrected chi connectivity index (χ3v) is 13.2. The van der Waals surface area contributed by atoms with Crippen molar-refractivity contribution < 1.29 is 18.9 Å². The molecule has 8 bridgehead atoms. The molecule has 0 unspecified atom stereocenters. The molecule has 4 aromatic carbocycles. The van der Waals surface area contributed by atoms with E-state index in [2.05, 4.69) is 101 Å². The van der Waals surface area contributed by atoms with E-state index in [0.717, 1.165) is 144 Å². The minimum absolute atomic E-state index is 0. The molecule has 9 rings (SSSR count). The molecular weight excluding hydrogens is 961 g/mol. The molecule has 9 heteroatoms. The summed E-state index contributed by atoms with van der Waals surface area (Å²) in [6.45, 7) is 8.79. The van der Waals surface area contributed by atoms with Crippen molar-refractivity contribution in [1.82, 2.24) is 0 Å². The minimum Gasteiger partial charge on any atom is -0.465 e. The van der Waals surface area contributed by atoms with Crippen LogP contribution in [0.3, 0.4) is 0 Å². The second kappa shape index (κ2) is 28.5. The van der Waals surface area contributed by atoms with Gasteiger partial charge in [-0.2, -0.15) is 0 Å². The van der Waals surface area contributed by atoms with Gasteiger partial charge in [-0.25, -0.2) is 20.0 Å². The lowest BCUT2D eigenvalue weighted by atomic mass is 9.85. The number of benzene rings is 4. The van der Waals surface area contributed by atoms with Gasteiger partial charge in [-0.1, -0.05) is 126 Å². The fourth-order valence-electron chi connectivity index (χ4n) is 9.29. The van der Waals surface area contributed by atoms with Crippen LogP contribution in [0.5, 0.6) is 23.0 Å². The van der Waals surface area contributed by atoms with Crippen LogP contribution >= 0.6 is 0 Å². The molecule has 0 spiro atoms. The van der Waals surface area contributed by atoms with Gasteiger partial charge in [0.15, 0.2) is 0 Å². The number of nitrogens with zero attached hydrogens (tertiary/aromatic N) is 4. The quantitative estimate of drug-likeness (QED) is 0.0397. The number of para-hydroxylation sites is 4. The Morgan fingerprint density at radius 2 is 0.766 bits per heavy atom. The number of ether oxygens (including phenoxy) is 4. The zero-order valence-electron chi connectivity index (χ0n) is 44.4. The van der Waals surface area contributed by atoms with Crippen molar-refractivity contribution in [3.8, 4) is 23.0 Å². The van der Waals surface area contributed by atoms with Crippen molar-refractivity contribution in [3.63, 3.8) is 0 Å². The zero-order valence-corrected chi connectivity index (χ0v) is 44.4. The highest BCUT2D eigenvalue weighted by molar-refractivity contribution is 6.51. The molecule has 0 atom stereocenters. The van der Waals surface area contributed by atoms with Gasteiger partial charge in [0, 0.05) is 44.5 Å². The summed E-state index contributed by atoms with van der Waals surface area (Å²) in [5.41, 5.74) is 12.4. The monoisotopic (exact) mass is 1030 g/mol. The van der Waals surface area contributed by atoms with Crippen LogP contribution in [-0.2, 0) is 0 Å². The van der Waals surface area contributed by atoms with E-state index in [1.165, 1.54) is 0 Å². The fraction of sp³-hybridized carbons (Fsp3) is 0.235. The van der Waals surface area contributed by atoms with Crippen molar-refractivity contribution in [3.05, 3.63) is 240 Å². The second-order valence-electron chi connectivity index (χ2n) is 18.9. The van der Waals surface area contributed by atoms with Gasteiger partial charge >= 0.3 is 23.1 Å². The van der Waals surface area contributed by atoms with E-state index >= 15 is 0 Å². The van der Waals surface area contributed by atoms with Gasteiger partial charge in [-0.3, -0.25) is 0 Å². The average Bonchev–Trinajstić information content (AvgIpc) is 4.39. The molecule has 8 nitrogen and oxygen atoms in total. The van der Waals surface area contributed by atoms with Crippen LogP contribution in [0.15, 0.2) is 238 Å². The highest BCUT2D eigenvalue weighted by Gasteiger charge is 2.36. The molecule has 0 saturated carbocycles. The van der Waals surface area contributed by atoms with Gasteiger partial charge < -0.3 is 18.9 Å². The Kier molecular flexibility index (Phi) is 20.6. The lowest BCUT2D eigenvalue weighted by molar-refractivity contribution is 0.476. The van der Waals surface area contributed by atoms with E-state index in [0.29, 0.717) is 45.8 Å². The van der Waals surface area contributed by atoms with Crippen molar-refractivity contribution in [2.45, 2.75) is 105 Å². The van der Waals surface area contributed by atoms with Crippen LogP contribution in [0.25, 0.3) is 22.3 Å². The summed E-state index contributed by atoms with van der Waals surface area (Å²) in [6.07, 6.45) is 44.2. The first-order valence-corrected chi connectivity index (χ1v) is 27.3. The van der Waals surface area contributed by atoms with Crippen LogP contribution in [0.1, 0.15) is 127 Å². The summed E-state index contributed by atoms with van der Waals surface area (Å²) in [4.78, 5) is 21.7. The third-order valence-electron chi connectivity index (χ3n) is 13.2. The third kappa shape index (κ3) is 14.1. The number of allylic oxidation sites excluding steroid dienone is 16. The van der Waals surface area contributed by atoms with E-state index in [9.17, 15) is 0 Å². The minimum atomic E-state index is 0. The Hall–Kier alpha value is -7.59. The predicted octanol–water partition coefficient (Wildman–Crippen LogP) is 17.1. The van der Waals surface area contributed by atoms with Gasteiger partial charge in [0.2, 0.25) is 0 Å². The maximum atomic E-state index is 6.74. The van der Waals surface area contributed by atoms with Crippen molar-refractivity contribution >= 4 is 68.2 Å². The van der Waals surface area contributed by atoms with E-state index in [-0.39, 0.29) is 23.1 Å². The molecule has 0 radical (unpaired) electrons. The largest absolute Gasteiger partial charge is 0.465 e. The van der Waals surface area contributed by atoms with Gasteiger partial charge in [0.25, 0.3) is 0 Å². The summed E-state index contributed by atoms with van der Waals surface area (Å²) >= 11 is 0.